The molecule has 2 aliphatic rings. The van der Waals surface area contributed by atoms with Crippen LogP contribution >= 0.6 is 0 Å². The average Bonchev–Trinajstić information content (AvgIpc) is 3.33. The molecule has 4 aromatic rings. The number of hydrogen-bond acceptors (Lipinski definition) is 6. The van der Waals surface area contributed by atoms with Crippen molar-refractivity contribution in [2.24, 2.45) is 0 Å². The zero-order chi connectivity index (χ0) is 29.3. The predicted molar refractivity (Wildman–Crippen MR) is 162 cm³/mol. The van der Waals surface area contributed by atoms with Crippen molar-refractivity contribution in [3.8, 4) is 5.75 Å². The largest absolute Gasteiger partial charge is 0.489 e. The minimum Gasteiger partial charge on any atom is -0.489 e. The summed E-state index contributed by atoms with van der Waals surface area (Å²) >= 11 is 0. The Bertz CT molecular complexity index is 1700. The first kappa shape index (κ1) is 28.0. The van der Waals surface area contributed by atoms with Crippen molar-refractivity contribution in [3.63, 3.8) is 0 Å². The van der Waals surface area contributed by atoms with Gasteiger partial charge in [0.2, 0.25) is 0 Å². The summed E-state index contributed by atoms with van der Waals surface area (Å²) in [6.07, 6.45) is 0.962. The molecule has 1 aliphatic carbocycles. The van der Waals surface area contributed by atoms with Gasteiger partial charge in [0.1, 0.15) is 18.5 Å². The van der Waals surface area contributed by atoms with E-state index >= 15 is 0 Å². The summed E-state index contributed by atoms with van der Waals surface area (Å²) in [4.78, 5) is 15.0. The van der Waals surface area contributed by atoms with E-state index in [0.717, 1.165) is 24.0 Å². The van der Waals surface area contributed by atoms with Crippen molar-refractivity contribution < 1.29 is 22.7 Å². The molecule has 42 heavy (non-hydrogen) atoms. The standard InChI is InChI=1S/C34H34N2O5S/c1-24(37)41-33(31-16-15-29-18-32(31)35-42(38,39)30-14-8-11-26(17-30)23-40-29)22-36(21-25-9-4-3-5-10-25)34(2)19-27-12-6-7-13-28(27)20-34/h3-18,33,35H,19-23H2,1-2H3/t33-/m0/s1. The summed E-state index contributed by atoms with van der Waals surface area (Å²) in [6, 6.07) is 30.7. The summed E-state index contributed by atoms with van der Waals surface area (Å²) in [6.45, 7) is 4.87. The highest BCUT2D eigenvalue weighted by molar-refractivity contribution is 7.92. The van der Waals surface area contributed by atoms with Crippen LogP contribution in [0.15, 0.2) is 102 Å². The minimum absolute atomic E-state index is 0.146. The van der Waals surface area contributed by atoms with Gasteiger partial charge in [0.05, 0.1) is 10.6 Å². The lowest BCUT2D eigenvalue weighted by Gasteiger charge is -2.41. The van der Waals surface area contributed by atoms with E-state index in [1.54, 1.807) is 36.4 Å². The number of nitrogens with one attached hydrogen (secondary N) is 1. The number of fused-ring (bicyclic) bond motifs is 5. The fraction of sp³-hybridized carbons (Fsp3) is 0.265. The molecule has 216 valence electrons. The number of carbonyl (C=O) groups excluding carboxylic acids is 1. The lowest BCUT2D eigenvalue weighted by molar-refractivity contribution is -0.148. The van der Waals surface area contributed by atoms with E-state index in [1.165, 1.54) is 18.1 Å². The van der Waals surface area contributed by atoms with Crippen molar-refractivity contribution in [2.45, 2.75) is 56.4 Å². The lowest BCUT2D eigenvalue weighted by atomic mass is 9.93. The zero-order valence-corrected chi connectivity index (χ0v) is 24.6. The van der Waals surface area contributed by atoms with Crippen LogP contribution in [0.1, 0.15) is 47.8 Å². The fourth-order valence-electron chi connectivity index (χ4n) is 6.06. The summed E-state index contributed by atoms with van der Waals surface area (Å²) in [5, 5.41) is 0. The number of anilines is 1. The molecule has 0 unspecified atom stereocenters. The molecule has 0 spiro atoms. The molecule has 0 saturated carbocycles. The average molecular weight is 583 g/mol. The molecule has 4 bridgehead atoms. The van der Waals surface area contributed by atoms with Crippen LogP contribution in [-0.2, 0) is 45.5 Å². The van der Waals surface area contributed by atoms with Crippen LogP contribution in [0.5, 0.6) is 5.75 Å². The summed E-state index contributed by atoms with van der Waals surface area (Å²) < 4.78 is 41.7. The van der Waals surface area contributed by atoms with E-state index in [-0.39, 0.29) is 17.0 Å². The number of nitrogens with zero attached hydrogens (tertiary/aromatic N) is 1. The van der Waals surface area contributed by atoms with Gasteiger partial charge in [-0.2, -0.15) is 0 Å². The summed E-state index contributed by atoms with van der Waals surface area (Å²) in [5.74, 6) is 0.0761. The van der Waals surface area contributed by atoms with Gasteiger partial charge in [-0.1, -0.05) is 66.7 Å². The van der Waals surface area contributed by atoms with Gasteiger partial charge in [0, 0.05) is 37.2 Å². The first-order valence-corrected chi connectivity index (χ1v) is 15.6. The smallest absolute Gasteiger partial charge is 0.303 e. The van der Waals surface area contributed by atoms with E-state index in [1.807, 2.05) is 24.3 Å². The number of rotatable bonds is 7. The molecule has 0 amide bonds. The highest BCUT2D eigenvalue weighted by atomic mass is 32.2. The van der Waals surface area contributed by atoms with Crippen LogP contribution in [0.4, 0.5) is 5.69 Å². The van der Waals surface area contributed by atoms with Crippen LogP contribution < -0.4 is 9.46 Å². The molecule has 1 atom stereocenters. The van der Waals surface area contributed by atoms with E-state index in [2.05, 4.69) is 52.9 Å². The van der Waals surface area contributed by atoms with E-state index in [4.69, 9.17) is 9.47 Å². The van der Waals surface area contributed by atoms with Crippen LogP contribution in [0.3, 0.4) is 0 Å². The molecule has 0 aromatic heterocycles. The third-order valence-corrected chi connectivity index (χ3v) is 9.53. The molecule has 0 saturated heterocycles. The Kier molecular flexibility index (Phi) is 7.51. The second kappa shape index (κ2) is 11.3. The molecule has 8 heteroatoms. The van der Waals surface area contributed by atoms with Gasteiger partial charge in [-0.15, -0.1) is 0 Å². The first-order chi connectivity index (χ1) is 20.2. The van der Waals surface area contributed by atoms with Gasteiger partial charge in [0.15, 0.2) is 0 Å². The molecular weight excluding hydrogens is 548 g/mol. The Morgan fingerprint density at radius 3 is 2.38 bits per heavy atom. The molecule has 4 aromatic carbocycles. The zero-order valence-electron chi connectivity index (χ0n) is 23.7. The molecule has 1 aliphatic heterocycles. The summed E-state index contributed by atoms with van der Waals surface area (Å²) in [7, 11) is -3.90. The van der Waals surface area contributed by atoms with Crippen LogP contribution in [0.25, 0.3) is 0 Å². The molecule has 1 N–H and O–H groups in total. The van der Waals surface area contributed by atoms with E-state index < -0.39 is 22.1 Å². The van der Waals surface area contributed by atoms with Crippen molar-refractivity contribution in [1.29, 1.82) is 0 Å². The number of carbonyl (C=O) groups is 1. The van der Waals surface area contributed by atoms with E-state index in [9.17, 15) is 13.2 Å². The maximum absolute atomic E-state index is 13.5. The number of benzene rings is 4. The van der Waals surface area contributed by atoms with Crippen LogP contribution in [0, 0.1) is 0 Å². The quantitative estimate of drug-likeness (QED) is 0.267. The Hall–Kier alpha value is -4.14. The van der Waals surface area contributed by atoms with Gasteiger partial charge >= 0.3 is 5.97 Å². The lowest BCUT2D eigenvalue weighted by Crippen LogP contribution is -2.49. The van der Waals surface area contributed by atoms with Gasteiger partial charge in [-0.25, -0.2) is 8.42 Å². The highest BCUT2D eigenvalue weighted by Gasteiger charge is 2.40. The first-order valence-electron chi connectivity index (χ1n) is 14.1. The monoisotopic (exact) mass is 582 g/mol. The number of sulfonamides is 1. The van der Waals surface area contributed by atoms with Crippen molar-refractivity contribution in [2.75, 3.05) is 11.3 Å². The van der Waals surface area contributed by atoms with Crippen molar-refractivity contribution >= 4 is 21.7 Å². The topological polar surface area (TPSA) is 84.9 Å². The van der Waals surface area contributed by atoms with Crippen LogP contribution in [-0.4, -0.2) is 31.4 Å². The Labute approximate surface area is 247 Å². The Balaban J connectivity index is 1.39. The Morgan fingerprint density at radius 1 is 0.952 bits per heavy atom. The van der Waals surface area contributed by atoms with Gasteiger partial charge < -0.3 is 9.47 Å². The second-order valence-electron chi connectivity index (χ2n) is 11.4. The highest BCUT2D eigenvalue weighted by Crippen LogP contribution is 2.39. The molecule has 1 heterocycles. The van der Waals surface area contributed by atoms with Crippen LogP contribution in [0.2, 0.25) is 0 Å². The molecular formula is C34H34N2O5S. The second-order valence-corrected chi connectivity index (χ2v) is 13.1. The van der Waals surface area contributed by atoms with Gasteiger partial charge in [-0.05, 0) is 66.3 Å². The molecule has 0 radical (unpaired) electrons. The fourth-order valence-corrected chi connectivity index (χ4v) is 7.20. The normalized spacial score (nSPS) is 16.9. The Morgan fingerprint density at radius 2 is 1.67 bits per heavy atom. The maximum Gasteiger partial charge on any atom is 0.303 e. The van der Waals surface area contributed by atoms with E-state index in [0.29, 0.717) is 30.1 Å². The maximum atomic E-state index is 13.5. The van der Waals surface area contributed by atoms with Crippen molar-refractivity contribution in [3.05, 3.63) is 125 Å². The molecule has 0 fully saturated rings. The predicted octanol–water partition coefficient (Wildman–Crippen LogP) is 6.04. The molecule has 7 nitrogen and oxygen atoms in total. The SMILES string of the molecule is CC(=O)O[C@@H](CN(Cc1ccccc1)C1(C)Cc2ccccc2C1)c1ccc2cc1NS(=O)(=O)c1cccc(c1)CO2. The third kappa shape index (κ3) is 5.91. The third-order valence-electron chi connectivity index (χ3n) is 8.17. The van der Waals surface area contributed by atoms with Gasteiger partial charge in [-0.3, -0.25) is 14.4 Å². The van der Waals surface area contributed by atoms with Crippen molar-refractivity contribution in [1.82, 2.24) is 4.90 Å². The molecule has 6 rings (SSSR count). The number of ether oxygens (including phenoxy) is 2. The van der Waals surface area contributed by atoms with Gasteiger partial charge in [0.25, 0.3) is 10.0 Å². The number of hydrogen-bond donors (Lipinski definition) is 1. The number of esters is 1. The minimum atomic E-state index is -3.90. The summed E-state index contributed by atoms with van der Waals surface area (Å²) in [5.41, 5.74) is 5.17.